The van der Waals surface area contributed by atoms with E-state index in [2.05, 4.69) is 4.18 Å². The fourth-order valence-electron chi connectivity index (χ4n) is 0.998. The molecule has 0 aliphatic carbocycles. The monoisotopic (exact) mass is 246 g/mol. The van der Waals surface area contributed by atoms with Crippen molar-refractivity contribution >= 4 is 22.2 Å². The molecule has 0 amide bonds. The summed E-state index contributed by atoms with van der Waals surface area (Å²) in [5.74, 6) is -0.0498. The van der Waals surface area contributed by atoms with Crippen molar-refractivity contribution in [1.29, 1.82) is 0 Å². The highest BCUT2D eigenvalue weighted by Gasteiger charge is 2.31. The van der Waals surface area contributed by atoms with Gasteiger partial charge in [-0.15, -0.1) is 0 Å². The molecule has 0 saturated carbocycles. The van der Waals surface area contributed by atoms with E-state index in [1.807, 2.05) is 0 Å². The molecule has 86 valence electrons. The lowest BCUT2D eigenvalue weighted by Gasteiger charge is -2.34. The van der Waals surface area contributed by atoms with Crippen LogP contribution in [0.4, 0.5) is 0 Å². The lowest BCUT2D eigenvalue weighted by Crippen LogP contribution is -2.31. The SMILES string of the molecule is CCOS(=O)OC1CCOS(O)(O)C1. The van der Waals surface area contributed by atoms with E-state index in [-0.39, 0.29) is 19.0 Å². The highest BCUT2D eigenvalue weighted by molar-refractivity contribution is 8.20. The molecule has 0 spiro atoms. The fourth-order valence-corrected chi connectivity index (χ4v) is 2.90. The lowest BCUT2D eigenvalue weighted by atomic mass is 10.3. The summed E-state index contributed by atoms with van der Waals surface area (Å²) in [6, 6.07) is 0. The maximum Gasteiger partial charge on any atom is 0.304 e. The predicted octanol–water partition coefficient (Wildman–Crippen LogP) is 1.07. The van der Waals surface area contributed by atoms with E-state index in [1.54, 1.807) is 6.92 Å². The third-order valence-corrected chi connectivity index (χ3v) is 3.75. The van der Waals surface area contributed by atoms with E-state index in [9.17, 15) is 13.3 Å². The molecule has 14 heavy (non-hydrogen) atoms. The van der Waals surface area contributed by atoms with Crippen LogP contribution in [0.2, 0.25) is 0 Å². The second-order valence-electron chi connectivity index (χ2n) is 2.71. The maximum absolute atomic E-state index is 11.0. The molecule has 6 nitrogen and oxygen atoms in total. The Labute approximate surface area is 87.0 Å². The van der Waals surface area contributed by atoms with Crippen molar-refractivity contribution in [3.8, 4) is 0 Å². The number of hydrogen-bond acceptors (Lipinski definition) is 6. The third-order valence-electron chi connectivity index (χ3n) is 1.54. The molecule has 2 unspecified atom stereocenters. The predicted molar refractivity (Wildman–Crippen MR) is 52.9 cm³/mol. The fraction of sp³-hybridized carbons (Fsp3) is 1.00. The largest absolute Gasteiger partial charge is 0.308 e. The van der Waals surface area contributed by atoms with Crippen LogP contribution in [0, 0.1) is 0 Å². The Morgan fingerprint density at radius 2 is 2.36 bits per heavy atom. The Morgan fingerprint density at radius 1 is 1.64 bits per heavy atom. The molecular weight excluding hydrogens is 232 g/mol. The van der Waals surface area contributed by atoms with Gasteiger partial charge in [-0.2, -0.15) is 4.21 Å². The van der Waals surface area contributed by atoms with Crippen LogP contribution >= 0.6 is 10.9 Å². The number of hydrogen-bond donors (Lipinski definition) is 2. The van der Waals surface area contributed by atoms with E-state index < -0.39 is 28.3 Å². The van der Waals surface area contributed by atoms with Crippen LogP contribution < -0.4 is 0 Å². The quantitative estimate of drug-likeness (QED) is 0.772. The zero-order chi connectivity index (χ0) is 10.6. The molecule has 2 atom stereocenters. The number of rotatable bonds is 4. The zero-order valence-corrected chi connectivity index (χ0v) is 9.38. The first-order valence-corrected chi connectivity index (χ1v) is 6.80. The van der Waals surface area contributed by atoms with Crippen LogP contribution in [0.25, 0.3) is 0 Å². The molecule has 1 fully saturated rings. The van der Waals surface area contributed by atoms with Gasteiger partial charge in [0.1, 0.15) is 0 Å². The minimum Gasteiger partial charge on any atom is -0.308 e. The standard InChI is InChI=1S/C6H14O6S2/c1-2-10-13(7)12-6-3-4-11-14(8,9)5-6/h6,8-9H,2-5H2,1H3. The van der Waals surface area contributed by atoms with Gasteiger partial charge in [-0.1, -0.05) is 0 Å². The molecule has 0 aromatic rings. The molecule has 8 heteroatoms. The minimum absolute atomic E-state index is 0.0498. The molecule has 1 aliphatic heterocycles. The smallest absolute Gasteiger partial charge is 0.304 e. The normalized spacial score (nSPS) is 30.9. The van der Waals surface area contributed by atoms with Gasteiger partial charge < -0.3 is 9.11 Å². The molecule has 0 aromatic carbocycles. The highest BCUT2D eigenvalue weighted by atomic mass is 32.3. The van der Waals surface area contributed by atoms with Crippen molar-refractivity contribution in [3.05, 3.63) is 0 Å². The van der Waals surface area contributed by atoms with Crippen molar-refractivity contribution in [1.82, 2.24) is 0 Å². The van der Waals surface area contributed by atoms with Gasteiger partial charge in [0.2, 0.25) is 0 Å². The van der Waals surface area contributed by atoms with Crippen LogP contribution in [0.15, 0.2) is 0 Å². The Balaban J connectivity index is 2.34. The molecule has 1 saturated heterocycles. The van der Waals surface area contributed by atoms with Crippen molar-refractivity contribution in [3.63, 3.8) is 0 Å². The highest BCUT2D eigenvalue weighted by Crippen LogP contribution is 2.44. The Morgan fingerprint density at radius 3 is 2.93 bits per heavy atom. The van der Waals surface area contributed by atoms with Gasteiger partial charge >= 0.3 is 11.4 Å². The summed E-state index contributed by atoms with van der Waals surface area (Å²) in [6.07, 6.45) is -0.00422. The lowest BCUT2D eigenvalue weighted by molar-refractivity contribution is 0.134. The Hall–Kier alpha value is 0.300. The van der Waals surface area contributed by atoms with Crippen LogP contribution in [-0.4, -0.2) is 38.4 Å². The van der Waals surface area contributed by atoms with Crippen molar-refractivity contribution in [2.45, 2.75) is 19.4 Å². The Bertz CT molecular complexity index is 208. The van der Waals surface area contributed by atoms with Crippen LogP contribution in [0.1, 0.15) is 13.3 Å². The van der Waals surface area contributed by atoms with Gasteiger partial charge in [-0.05, 0) is 6.92 Å². The van der Waals surface area contributed by atoms with Gasteiger partial charge in [0.25, 0.3) is 0 Å². The van der Waals surface area contributed by atoms with Crippen molar-refractivity contribution in [2.75, 3.05) is 19.0 Å². The zero-order valence-electron chi connectivity index (χ0n) is 7.75. The first-order chi connectivity index (χ1) is 6.53. The Kier molecular flexibility index (Phi) is 4.77. The van der Waals surface area contributed by atoms with Gasteiger partial charge in [0.15, 0.2) is 0 Å². The topological polar surface area (TPSA) is 85.2 Å². The van der Waals surface area contributed by atoms with Crippen LogP contribution in [-0.2, 0) is 23.9 Å². The summed E-state index contributed by atoms with van der Waals surface area (Å²) in [7, 11) is -3.01. The average molecular weight is 246 g/mol. The third kappa shape index (κ3) is 4.22. The maximum atomic E-state index is 11.0. The summed E-state index contributed by atoms with van der Waals surface area (Å²) in [5, 5.41) is 0. The molecule has 0 radical (unpaired) electrons. The van der Waals surface area contributed by atoms with E-state index in [0.717, 1.165) is 0 Å². The van der Waals surface area contributed by atoms with Crippen LogP contribution in [0.5, 0.6) is 0 Å². The summed E-state index contributed by atoms with van der Waals surface area (Å²) in [6.45, 7) is 2.17. The van der Waals surface area contributed by atoms with E-state index in [1.165, 1.54) is 0 Å². The summed E-state index contributed by atoms with van der Waals surface area (Å²) in [4.78, 5) is 0. The molecular formula is C6H14O6S2. The first kappa shape index (κ1) is 12.4. The summed E-state index contributed by atoms with van der Waals surface area (Å²) in [5.41, 5.74) is 0. The van der Waals surface area contributed by atoms with Gasteiger partial charge in [0.05, 0.1) is 35.9 Å². The second-order valence-corrected chi connectivity index (χ2v) is 5.33. The summed E-state index contributed by atoms with van der Waals surface area (Å²) < 4.78 is 43.7. The van der Waals surface area contributed by atoms with Crippen molar-refractivity contribution in [2.24, 2.45) is 0 Å². The minimum atomic E-state index is -3.01. The van der Waals surface area contributed by atoms with E-state index in [4.69, 9.17) is 8.37 Å². The molecule has 2 N–H and O–H groups in total. The first-order valence-electron chi connectivity index (χ1n) is 4.16. The molecule has 1 heterocycles. The van der Waals surface area contributed by atoms with E-state index in [0.29, 0.717) is 6.42 Å². The molecule has 0 aromatic heterocycles. The molecule has 1 rings (SSSR count). The van der Waals surface area contributed by atoms with E-state index >= 15 is 0 Å². The van der Waals surface area contributed by atoms with Crippen LogP contribution in [0.3, 0.4) is 0 Å². The van der Waals surface area contributed by atoms with Crippen molar-refractivity contribution < 1.29 is 25.9 Å². The second kappa shape index (κ2) is 5.40. The molecule has 1 aliphatic rings. The van der Waals surface area contributed by atoms with Gasteiger partial charge in [-0.25, -0.2) is 0 Å². The summed E-state index contributed by atoms with van der Waals surface area (Å²) >= 11 is -1.82. The molecule has 0 bridgehead atoms. The van der Waals surface area contributed by atoms with Gasteiger partial charge in [0, 0.05) is 6.42 Å². The van der Waals surface area contributed by atoms with Gasteiger partial charge in [-0.3, -0.25) is 12.5 Å². The average Bonchev–Trinajstić information content (AvgIpc) is 2.02.